The number of carboxylic acid groups (broad SMARTS) is 1. The standard InChI is InChI=1S/C22H31N3O4/c1-22(2,3)29-21(28)25(18-12-13-24(15-18)17-6-4-5-7-17)19-10-8-16(14-23-19)9-11-20(26)27/h8-11,14,17-18H,4-7,12-13,15H2,1-3H3,(H,26,27)/t18-/m1/s1. The molecule has 1 N–H and O–H groups in total. The summed E-state index contributed by atoms with van der Waals surface area (Å²) in [5.74, 6) is -0.479. The molecule has 1 amide bonds. The highest BCUT2D eigenvalue weighted by atomic mass is 16.6. The Bertz CT molecular complexity index is 748. The maximum atomic E-state index is 13.0. The largest absolute Gasteiger partial charge is 0.478 e. The number of likely N-dealkylation sites (tertiary alicyclic amines) is 1. The summed E-state index contributed by atoms with van der Waals surface area (Å²) in [6.07, 6.45) is 9.67. The molecule has 0 unspecified atom stereocenters. The number of hydrogen-bond acceptors (Lipinski definition) is 5. The van der Waals surface area contributed by atoms with Gasteiger partial charge in [-0.3, -0.25) is 9.80 Å². The van der Waals surface area contributed by atoms with Crippen LogP contribution >= 0.6 is 0 Å². The Kier molecular flexibility index (Phi) is 6.57. The molecule has 1 aromatic heterocycles. The molecule has 7 heteroatoms. The van der Waals surface area contributed by atoms with Crippen molar-refractivity contribution in [3.63, 3.8) is 0 Å². The van der Waals surface area contributed by atoms with Crippen molar-refractivity contribution < 1.29 is 19.4 Å². The van der Waals surface area contributed by atoms with Crippen molar-refractivity contribution in [2.45, 2.75) is 70.6 Å². The quantitative estimate of drug-likeness (QED) is 0.753. The minimum atomic E-state index is -1.01. The van der Waals surface area contributed by atoms with Crippen molar-refractivity contribution in [1.82, 2.24) is 9.88 Å². The number of carbonyl (C=O) groups is 2. The first-order valence-corrected chi connectivity index (χ1v) is 10.4. The number of ether oxygens (including phenoxy) is 1. The molecule has 2 fully saturated rings. The van der Waals surface area contributed by atoms with Gasteiger partial charge in [-0.2, -0.15) is 0 Å². The van der Waals surface area contributed by atoms with Crippen molar-refractivity contribution in [3.8, 4) is 0 Å². The van der Waals surface area contributed by atoms with Crippen molar-refractivity contribution in [1.29, 1.82) is 0 Å². The molecule has 1 saturated heterocycles. The molecule has 1 aliphatic heterocycles. The molecule has 3 rings (SSSR count). The maximum absolute atomic E-state index is 13.0. The Morgan fingerprint density at radius 1 is 1.24 bits per heavy atom. The monoisotopic (exact) mass is 401 g/mol. The molecule has 2 aliphatic rings. The van der Waals surface area contributed by atoms with E-state index in [0.29, 0.717) is 17.4 Å². The number of carboxylic acids is 1. The SMILES string of the molecule is CC(C)(C)OC(=O)N(c1ccc(C=CC(=O)O)cn1)[C@@H]1CCN(C2CCCC2)C1. The highest BCUT2D eigenvalue weighted by molar-refractivity contribution is 5.88. The van der Waals surface area contributed by atoms with Crippen LogP contribution in [0, 0.1) is 0 Å². The van der Waals surface area contributed by atoms with E-state index in [4.69, 9.17) is 9.84 Å². The van der Waals surface area contributed by atoms with E-state index in [2.05, 4.69) is 9.88 Å². The van der Waals surface area contributed by atoms with Gasteiger partial charge in [0.05, 0.1) is 6.04 Å². The van der Waals surface area contributed by atoms with Crippen LogP contribution in [-0.4, -0.2) is 57.8 Å². The molecule has 0 radical (unpaired) electrons. The molecular weight excluding hydrogens is 370 g/mol. The van der Waals surface area contributed by atoms with E-state index >= 15 is 0 Å². The third-order valence-corrected chi connectivity index (χ3v) is 5.43. The molecule has 1 aliphatic carbocycles. The highest BCUT2D eigenvalue weighted by Crippen LogP contribution is 2.30. The fourth-order valence-corrected chi connectivity index (χ4v) is 4.13. The summed E-state index contributed by atoms with van der Waals surface area (Å²) in [7, 11) is 0. The zero-order valence-corrected chi connectivity index (χ0v) is 17.5. The number of aliphatic carboxylic acids is 1. The molecular formula is C22H31N3O4. The van der Waals surface area contributed by atoms with Gasteiger partial charge in [-0.15, -0.1) is 0 Å². The fourth-order valence-electron chi connectivity index (χ4n) is 4.13. The van der Waals surface area contributed by atoms with Crippen LogP contribution in [0.15, 0.2) is 24.4 Å². The summed E-state index contributed by atoms with van der Waals surface area (Å²) in [6, 6.07) is 4.15. The molecule has 1 aromatic rings. The second kappa shape index (κ2) is 8.95. The van der Waals surface area contributed by atoms with Gasteiger partial charge in [0.1, 0.15) is 11.4 Å². The molecule has 1 saturated carbocycles. The number of rotatable bonds is 5. The Hall–Kier alpha value is -2.41. The third-order valence-electron chi connectivity index (χ3n) is 5.43. The van der Waals surface area contributed by atoms with E-state index < -0.39 is 17.7 Å². The van der Waals surface area contributed by atoms with Crippen LogP contribution in [0.1, 0.15) is 58.4 Å². The molecule has 158 valence electrons. The molecule has 29 heavy (non-hydrogen) atoms. The summed E-state index contributed by atoms with van der Waals surface area (Å²) in [5, 5.41) is 8.78. The van der Waals surface area contributed by atoms with Crippen LogP contribution < -0.4 is 4.90 Å². The normalized spacial score (nSPS) is 21.0. The van der Waals surface area contributed by atoms with Gasteiger partial charge in [-0.1, -0.05) is 12.8 Å². The Morgan fingerprint density at radius 3 is 2.55 bits per heavy atom. The van der Waals surface area contributed by atoms with E-state index in [1.165, 1.54) is 31.8 Å². The minimum Gasteiger partial charge on any atom is -0.478 e. The van der Waals surface area contributed by atoms with Crippen molar-refractivity contribution >= 4 is 24.0 Å². The number of hydrogen-bond donors (Lipinski definition) is 1. The Balaban J connectivity index is 1.79. The fraction of sp³-hybridized carbons (Fsp3) is 0.591. The van der Waals surface area contributed by atoms with Gasteiger partial charge >= 0.3 is 12.1 Å². The van der Waals surface area contributed by atoms with Crippen LogP contribution in [0.5, 0.6) is 0 Å². The molecule has 7 nitrogen and oxygen atoms in total. The van der Waals surface area contributed by atoms with Gasteiger partial charge in [-0.05, 0) is 63.8 Å². The highest BCUT2D eigenvalue weighted by Gasteiger charge is 2.37. The lowest BCUT2D eigenvalue weighted by atomic mass is 10.2. The van der Waals surface area contributed by atoms with Gasteiger partial charge in [-0.25, -0.2) is 14.6 Å². The van der Waals surface area contributed by atoms with Gasteiger partial charge in [0, 0.05) is 31.4 Å². The zero-order chi connectivity index (χ0) is 21.0. The lowest BCUT2D eigenvalue weighted by Crippen LogP contribution is -2.46. The number of pyridine rings is 1. The third kappa shape index (κ3) is 5.79. The number of carbonyl (C=O) groups excluding carboxylic acids is 1. The summed E-state index contributed by atoms with van der Waals surface area (Å²) in [4.78, 5) is 32.3. The topological polar surface area (TPSA) is 83.0 Å². The summed E-state index contributed by atoms with van der Waals surface area (Å²) >= 11 is 0. The first kappa shape index (κ1) is 21.3. The van der Waals surface area contributed by atoms with Crippen LogP contribution in [-0.2, 0) is 9.53 Å². The first-order valence-electron chi connectivity index (χ1n) is 10.4. The van der Waals surface area contributed by atoms with Crippen molar-refractivity contribution in [2.24, 2.45) is 0 Å². The van der Waals surface area contributed by atoms with Crippen LogP contribution in [0.2, 0.25) is 0 Å². The number of anilines is 1. The predicted molar refractivity (Wildman–Crippen MR) is 112 cm³/mol. The molecule has 1 atom stereocenters. The molecule has 0 spiro atoms. The maximum Gasteiger partial charge on any atom is 0.416 e. The van der Waals surface area contributed by atoms with Gasteiger partial charge in [0.2, 0.25) is 0 Å². The van der Waals surface area contributed by atoms with E-state index in [9.17, 15) is 9.59 Å². The number of nitrogens with zero attached hydrogens (tertiary/aromatic N) is 3. The minimum absolute atomic E-state index is 0.0124. The second-order valence-corrected chi connectivity index (χ2v) is 8.85. The van der Waals surface area contributed by atoms with Crippen LogP contribution in [0.25, 0.3) is 6.08 Å². The Labute approximate surface area is 172 Å². The number of aromatic nitrogens is 1. The summed E-state index contributed by atoms with van der Waals surface area (Å²) < 4.78 is 5.67. The lowest BCUT2D eigenvalue weighted by molar-refractivity contribution is -0.131. The van der Waals surface area contributed by atoms with Gasteiger partial charge < -0.3 is 9.84 Å². The molecule has 2 heterocycles. The first-order chi connectivity index (χ1) is 13.7. The van der Waals surface area contributed by atoms with E-state index in [1.54, 1.807) is 23.2 Å². The smallest absolute Gasteiger partial charge is 0.416 e. The molecule has 0 bridgehead atoms. The lowest BCUT2D eigenvalue weighted by Gasteiger charge is -2.31. The molecule has 0 aromatic carbocycles. The van der Waals surface area contributed by atoms with Crippen molar-refractivity contribution in [3.05, 3.63) is 30.0 Å². The average molecular weight is 402 g/mol. The summed E-state index contributed by atoms with van der Waals surface area (Å²) in [5.41, 5.74) is 0.0720. The van der Waals surface area contributed by atoms with Crippen LogP contribution in [0.4, 0.5) is 10.6 Å². The predicted octanol–water partition coefficient (Wildman–Crippen LogP) is 3.94. The van der Waals surface area contributed by atoms with Crippen molar-refractivity contribution in [2.75, 3.05) is 18.0 Å². The second-order valence-electron chi connectivity index (χ2n) is 8.85. The number of amides is 1. The van der Waals surface area contributed by atoms with E-state index in [-0.39, 0.29) is 6.04 Å². The summed E-state index contributed by atoms with van der Waals surface area (Å²) in [6.45, 7) is 7.38. The Morgan fingerprint density at radius 2 is 1.97 bits per heavy atom. The van der Waals surface area contributed by atoms with E-state index in [1.807, 2.05) is 20.8 Å². The average Bonchev–Trinajstić information content (AvgIpc) is 3.31. The van der Waals surface area contributed by atoms with Gasteiger partial charge in [0.25, 0.3) is 0 Å². The van der Waals surface area contributed by atoms with E-state index in [0.717, 1.165) is 25.6 Å². The van der Waals surface area contributed by atoms with Gasteiger partial charge in [0.15, 0.2) is 0 Å². The van der Waals surface area contributed by atoms with Crippen LogP contribution in [0.3, 0.4) is 0 Å². The zero-order valence-electron chi connectivity index (χ0n) is 17.5.